The van der Waals surface area contributed by atoms with Gasteiger partial charge < -0.3 is 5.32 Å². The summed E-state index contributed by atoms with van der Waals surface area (Å²) in [5, 5.41) is 10.6. The van der Waals surface area contributed by atoms with Crippen LogP contribution in [0, 0.1) is 0 Å². The van der Waals surface area contributed by atoms with E-state index in [1.54, 1.807) is 18.2 Å². The lowest BCUT2D eigenvalue weighted by molar-refractivity contribution is -0.137. The third kappa shape index (κ3) is 3.94. The molecule has 3 aromatic rings. The van der Waals surface area contributed by atoms with Crippen molar-refractivity contribution in [1.29, 1.82) is 0 Å². The number of alkyl halides is 4. The Balaban J connectivity index is 1.63. The number of halogens is 4. The van der Waals surface area contributed by atoms with Gasteiger partial charge in [0, 0.05) is 11.6 Å². The third-order valence-electron chi connectivity index (χ3n) is 4.83. The number of hydrogen-bond donors (Lipinski definition) is 2. The highest BCUT2D eigenvalue weighted by Gasteiger charge is 2.30. The van der Waals surface area contributed by atoms with Crippen LogP contribution in [0.4, 0.5) is 23.4 Å². The van der Waals surface area contributed by atoms with E-state index < -0.39 is 18.0 Å². The molecule has 1 saturated heterocycles. The molecular weight excluding hydrogens is 374 g/mol. The molecule has 1 aliphatic rings. The summed E-state index contributed by atoms with van der Waals surface area (Å²) in [5.74, 6) is 0.570. The number of rotatable bonds is 3. The number of aromatic nitrogens is 3. The molecule has 1 aliphatic heterocycles. The fraction of sp³-hybridized carbons (Fsp3) is 0.368. The van der Waals surface area contributed by atoms with Gasteiger partial charge in [-0.3, -0.25) is 5.32 Å². The molecule has 0 bridgehead atoms. The lowest BCUT2D eigenvalue weighted by Crippen LogP contribution is -2.24. The largest absolute Gasteiger partial charge is 0.416 e. The van der Waals surface area contributed by atoms with E-state index in [1.807, 2.05) is 0 Å². The van der Waals surface area contributed by atoms with Crippen molar-refractivity contribution in [2.24, 2.45) is 0 Å². The summed E-state index contributed by atoms with van der Waals surface area (Å²) in [5.41, 5.74) is 0.660. The van der Waals surface area contributed by atoms with Gasteiger partial charge in [-0.15, -0.1) is 5.10 Å². The van der Waals surface area contributed by atoms with Gasteiger partial charge >= 0.3 is 6.18 Å². The third-order valence-corrected chi connectivity index (χ3v) is 4.83. The van der Waals surface area contributed by atoms with Gasteiger partial charge in [-0.25, -0.2) is 13.9 Å². The Morgan fingerprint density at radius 2 is 1.96 bits per heavy atom. The van der Waals surface area contributed by atoms with Gasteiger partial charge in [0.05, 0.1) is 17.5 Å². The van der Waals surface area contributed by atoms with Gasteiger partial charge in [-0.2, -0.15) is 13.2 Å². The number of hydrogen-bond acceptors (Lipinski definition) is 4. The maximum Gasteiger partial charge on any atom is 0.416 e. The van der Waals surface area contributed by atoms with Crippen molar-refractivity contribution >= 4 is 11.5 Å². The minimum absolute atomic E-state index is 0.0683. The highest BCUT2D eigenvalue weighted by atomic mass is 19.4. The molecule has 0 aliphatic carbocycles. The van der Waals surface area contributed by atoms with Gasteiger partial charge in [0.25, 0.3) is 0 Å². The van der Waals surface area contributed by atoms with Crippen molar-refractivity contribution in [2.45, 2.75) is 37.8 Å². The maximum atomic E-state index is 13.4. The standard InChI is InChI=1S/C19H19F4N5/c20-16-5-4-14(8-9-24-16)26-17-6-7-18-25-11-15(28(18)27-17)12-2-1-3-13(10-12)19(21,22)23/h1-3,6-7,10-11,14,16,24H,4-5,8-9H2,(H,26,27). The zero-order valence-corrected chi connectivity index (χ0v) is 14.9. The van der Waals surface area contributed by atoms with Crippen LogP contribution in [0.25, 0.3) is 16.9 Å². The monoisotopic (exact) mass is 393 g/mol. The lowest BCUT2D eigenvalue weighted by Gasteiger charge is -2.16. The molecule has 0 saturated carbocycles. The van der Waals surface area contributed by atoms with E-state index in [0.29, 0.717) is 42.1 Å². The van der Waals surface area contributed by atoms with Crippen LogP contribution in [0.2, 0.25) is 0 Å². The smallest absolute Gasteiger partial charge is 0.366 e. The van der Waals surface area contributed by atoms with Crippen molar-refractivity contribution in [1.82, 2.24) is 19.9 Å². The molecule has 1 fully saturated rings. The first-order chi connectivity index (χ1) is 13.4. The van der Waals surface area contributed by atoms with Crippen LogP contribution in [-0.2, 0) is 6.18 Å². The number of benzene rings is 1. The summed E-state index contributed by atoms with van der Waals surface area (Å²) in [4.78, 5) is 4.23. The van der Waals surface area contributed by atoms with Gasteiger partial charge in [0.2, 0.25) is 0 Å². The van der Waals surface area contributed by atoms with Gasteiger partial charge in [-0.05, 0) is 50.1 Å². The Bertz CT molecular complexity index is 968. The van der Waals surface area contributed by atoms with Crippen LogP contribution < -0.4 is 10.6 Å². The first kappa shape index (κ1) is 18.7. The van der Waals surface area contributed by atoms with E-state index in [0.717, 1.165) is 18.6 Å². The van der Waals surface area contributed by atoms with E-state index in [-0.39, 0.29) is 6.04 Å². The second-order valence-electron chi connectivity index (χ2n) is 6.84. The summed E-state index contributed by atoms with van der Waals surface area (Å²) < 4.78 is 54.0. The van der Waals surface area contributed by atoms with Crippen LogP contribution in [-0.4, -0.2) is 33.5 Å². The van der Waals surface area contributed by atoms with Crippen molar-refractivity contribution in [3.05, 3.63) is 48.2 Å². The van der Waals surface area contributed by atoms with E-state index in [2.05, 4.69) is 20.7 Å². The Kier molecular flexibility index (Phi) is 4.92. The van der Waals surface area contributed by atoms with Crippen LogP contribution in [0.3, 0.4) is 0 Å². The van der Waals surface area contributed by atoms with Crippen LogP contribution >= 0.6 is 0 Å². The van der Waals surface area contributed by atoms with Crippen molar-refractivity contribution in [3.63, 3.8) is 0 Å². The second kappa shape index (κ2) is 7.38. The Hall–Kier alpha value is -2.68. The molecule has 1 aromatic carbocycles. The summed E-state index contributed by atoms with van der Waals surface area (Å²) in [6.45, 7) is 0.571. The minimum Gasteiger partial charge on any atom is -0.366 e. The molecule has 4 rings (SSSR count). The molecule has 3 heterocycles. The first-order valence-electron chi connectivity index (χ1n) is 9.06. The predicted octanol–water partition coefficient (Wildman–Crippen LogP) is 4.26. The number of anilines is 1. The fourth-order valence-electron chi connectivity index (χ4n) is 3.36. The predicted molar refractivity (Wildman–Crippen MR) is 97.6 cm³/mol. The number of fused-ring (bicyclic) bond motifs is 1. The van der Waals surface area contributed by atoms with Crippen molar-refractivity contribution in [2.75, 3.05) is 11.9 Å². The van der Waals surface area contributed by atoms with Crippen molar-refractivity contribution < 1.29 is 17.6 Å². The molecule has 9 heteroatoms. The SMILES string of the molecule is FC1CCC(Nc2ccc3ncc(-c4cccc(C(F)(F)F)c4)n3n2)CCN1. The summed E-state index contributed by atoms with van der Waals surface area (Å²) >= 11 is 0. The quantitative estimate of drug-likeness (QED) is 0.516. The number of nitrogens with one attached hydrogen (secondary N) is 2. The van der Waals surface area contributed by atoms with Gasteiger partial charge in [0.15, 0.2) is 11.9 Å². The second-order valence-corrected chi connectivity index (χ2v) is 6.84. The summed E-state index contributed by atoms with van der Waals surface area (Å²) in [7, 11) is 0. The molecule has 2 aromatic heterocycles. The van der Waals surface area contributed by atoms with Crippen LogP contribution in [0.1, 0.15) is 24.8 Å². The molecular formula is C19H19F4N5. The van der Waals surface area contributed by atoms with Gasteiger partial charge in [0.1, 0.15) is 5.82 Å². The van der Waals surface area contributed by atoms with E-state index in [1.165, 1.54) is 16.8 Å². The minimum atomic E-state index is -4.42. The van der Waals surface area contributed by atoms with Crippen molar-refractivity contribution in [3.8, 4) is 11.3 Å². The summed E-state index contributed by atoms with van der Waals surface area (Å²) in [6, 6.07) is 8.67. The topological polar surface area (TPSA) is 54.2 Å². The normalized spacial score (nSPS) is 20.9. The Morgan fingerprint density at radius 1 is 1.11 bits per heavy atom. The Labute approximate surface area is 158 Å². The molecule has 5 nitrogen and oxygen atoms in total. The molecule has 0 spiro atoms. The first-order valence-corrected chi connectivity index (χ1v) is 9.06. The average Bonchev–Trinajstić information content (AvgIpc) is 2.97. The molecule has 2 unspecified atom stereocenters. The zero-order chi connectivity index (χ0) is 19.7. The highest BCUT2D eigenvalue weighted by Crippen LogP contribution is 2.32. The van der Waals surface area contributed by atoms with E-state index in [4.69, 9.17) is 0 Å². The van der Waals surface area contributed by atoms with Crippen LogP contribution in [0.15, 0.2) is 42.6 Å². The lowest BCUT2D eigenvalue weighted by atomic mass is 10.1. The molecule has 0 radical (unpaired) electrons. The van der Waals surface area contributed by atoms with E-state index >= 15 is 0 Å². The number of imidazole rings is 1. The van der Waals surface area contributed by atoms with E-state index in [9.17, 15) is 17.6 Å². The van der Waals surface area contributed by atoms with Gasteiger partial charge in [-0.1, -0.05) is 12.1 Å². The average molecular weight is 393 g/mol. The Morgan fingerprint density at radius 3 is 2.79 bits per heavy atom. The highest BCUT2D eigenvalue weighted by molar-refractivity contribution is 5.64. The zero-order valence-electron chi connectivity index (χ0n) is 14.9. The maximum absolute atomic E-state index is 13.4. The molecule has 0 amide bonds. The molecule has 2 N–H and O–H groups in total. The fourth-order valence-corrected chi connectivity index (χ4v) is 3.36. The molecule has 2 atom stereocenters. The number of nitrogens with zero attached hydrogens (tertiary/aromatic N) is 3. The summed E-state index contributed by atoms with van der Waals surface area (Å²) in [6.07, 6.45) is -2.07. The van der Waals surface area contributed by atoms with Crippen LogP contribution in [0.5, 0.6) is 0 Å². The molecule has 148 valence electrons. The molecule has 28 heavy (non-hydrogen) atoms.